The summed E-state index contributed by atoms with van der Waals surface area (Å²) >= 11 is 1.18. The van der Waals surface area contributed by atoms with Gasteiger partial charge in [-0.25, -0.2) is 0 Å². The first-order chi connectivity index (χ1) is 9.15. The fourth-order valence-corrected chi connectivity index (χ4v) is 2.62. The van der Waals surface area contributed by atoms with Crippen LogP contribution >= 0.6 is 11.3 Å². The van der Waals surface area contributed by atoms with E-state index >= 15 is 0 Å². The zero-order valence-electron chi connectivity index (χ0n) is 9.87. The van der Waals surface area contributed by atoms with Crippen molar-refractivity contribution in [3.05, 3.63) is 40.4 Å². The molecule has 1 aliphatic heterocycles. The zero-order chi connectivity index (χ0) is 13.4. The van der Waals surface area contributed by atoms with Crippen LogP contribution in [0.15, 0.2) is 24.3 Å². The van der Waals surface area contributed by atoms with Crippen LogP contribution in [0.2, 0.25) is 0 Å². The predicted octanol–water partition coefficient (Wildman–Crippen LogP) is 0.845. The van der Waals surface area contributed by atoms with E-state index in [0.717, 1.165) is 5.56 Å². The molecule has 1 aromatic carbocycles. The lowest BCUT2D eigenvalue weighted by molar-refractivity contribution is -0.128. The van der Waals surface area contributed by atoms with E-state index in [1.54, 1.807) is 18.2 Å². The fraction of sp³-hybridized carbons (Fsp3) is 0.167. The van der Waals surface area contributed by atoms with E-state index in [9.17, 15) is 9.59 Å². The van der Waals surface area contributed by atoms with Crippen molar-refractivity contribution in [3.8, 4) is 0 Å². The second-order valence-electron chi connectivity index (χ2n) is 4.15. The number of anilines is 1. The number of rotatable bonds is 2. The summed E-state index contributed by atoms with van der Waals surface area (Å²) in [6, 6.07) is 7.13. The molecule has 2 aromatic rings. The summed E-state index contributed by atoms with van der Waals surface area (Å²) in [6.45, 7) is 0.126. The SMILES string of the molecule is Nc1nnc(CN2C(=O)Cc3ccccc3C2=O)s1. The molecule has 96 valence electrons. The molecule has 0 atom stereocenters. The Kier molecular flexibility index (Phi) is 2.75. The van der Waals surface area contributed by atoms with Gasteiger partial charge in [0.15, 0.2) is 0 Å². The number of carbonyl (C=O) groups is 2. The summed E-state index contributed by atoms with van der Waals surface area (Å²) in [5.74, 6) is -0.516. The van der Waals surface area contributed by atoms with Gasteiger partial charge < -0.3 is 5.73 Å². The Morgan fingerprint density at radius 3 is 2.79 bits per heavy atom. The van der Waals surface area contributed by atoms with Gasteiger partial charge in [-0.2, -0.15) is 0 Å². The molecule has 19 heavy (non-hydrogen) atoms. The zero-order valence-corrected chi connectivity index (χ0v) is 10.7. The highest BCUT2D eigenvalue weighted by molar-refractivity contribution is 7.15. The summed E-state index contributed by atoms with van der Waals surface area (Å²) in [4.78, 5) is 25.5. The number of hydrogen-bond donors (Lipinski definition) is 1. The van der Waals surface area contributed by atoms with E-state index < -0.39 is 0 Å². The Labute approximate surface area is 112 Å². The number of hydrogen-bond acceptors (Lipinski definition) is 6. The van der Waals surface area contributed by atoms with Gasteiger partial charge in [-0.1, -0.05) is 29.5 Å². The van der Waals surface area contributed by atoms with Gasteiger partial charge in [0.05, 0.1) is 13.0 Å². The fourth-order valence-electron chi connectivity index (χ4n) is 2.03. The largest absolute Gasteiger partial charge is 0.374 e. The molecule has 0 fully saturated rings. The number of nitrogens with two attached hydrogens (primary N) is 1. The van der Waals surface area contributed by atoms with Crippen LogP contribution in [0.4, 0.5) is 5.13 Å². The molecular formula is C12H10N4O2S. The highest BCUT2D eigenvalue weighted by Crippen LogP contribution is 2.22. The molecule has 0 unspecified atom stereocenters. The third-order valence-corrected chi connectivity index (χ3v) is 3.65. The summed E-state index contributed by atoms with van der Waals surface area (Å²) in [5, 5.41) is 8.39. The highest BCUT2D eigenvalue weighted by Gasteiger charge is 2.31. The van der Waals surface area contributed by atoms with Crippen LogP contribution in [0.25, 0.3) is 0 Å². The van der Waals surface area contributed by atoms with Gasteiger partial charge in [-0.05, 0) is 11.6 Å². The van der Waals surface area contributed by atoms with E-state index in [4.69, 9.17) is 5.73 Å². The van der Waals surface area contributed by atoms with Crippen molar-refractivity contribution in [1.82, 2.24) is 15.1 Å². The molecule has 2 amide bonds. The summed E-state index contributed by atoms with van der Waals surface area (Å²) in [6.07, 6.45) is 0.232. The summed E-state index contributed by atoms with van der Waals surface area (Å²) in [7, 11) is 0. The maximum Gasteiger partial charge on any atom is 0.261 e. The Bertz CT molecular complexity index is 667. The molecule has 3 rings (SSSR count). The van der Waals surface area contributed by atoms with E-state index in [2.05, 4.69) is 10.2 Å². The van der Waals surface area contributed by atoms with Crippen LogP contribution < -0.4 is 5.73 Å². The Morgan fingerprint density at radius 1 is 1.26 bits per heavy atom. The molecule has 1 aromatic heterocycles. The standard InChI is InChI=1S/C12H10N4O2S/c13-12-15-14-9(19-12)6-16-10(17)5-7-3-1-2-4-8(7)11(16)18/h1-4H,5-6H2,(H2,13,15). The number of fused-ring (bicyclic) bond motifs is 1. The van der Waals surface area contributed by atoms with Crippen molar-refractivity contribution in [1.29, 1.82) is 0 Å². The lowest BCUT2D eigenvalue weighted by Crippen LogP contribution is -2.41. The van der Waals surface area contributed by atoms with Gasteiger partial charge >= 0.3 is 0 Å². The molecule has 0 aliphatic carbocycles. The maximum absolute atomic E-state index is 12.3. The molecule has 0 spiro atoms. The second kappa shape index (κ2) is 4.43. The minimum absolute atomic E-state index is 0.126. The first-order valence-electron chi connectivity index (χ1n) is 5.65. The Balaban J connectivity index is 1.91. The summed E-state index contributed by atoms with van der Waals surface area (Å²) in [5.41, 5.74) is 6.82. The topological polar surface area (TPSA) is 89.2 Å². The molecule has 2 heterocycles. The van der Waals surface area contributed by atoms with E-state index in [1.165, 1.54) is 16.2 Å². The van der Waals surface area contributed by atoms with Crippen molar-refractivity contribution >= 4 is 28.3 Å². The van der Waals surface area contributed by atoms with Crippen LogP contribution in [0.5, 0.6) is 0 Å². The van der Waals surface area contributed by atoms with Gasteiger partial charge in [-0.3, -0.25) is 14.5 Å². The Morgan fingerprint density at radius 2 is 2.05 bits per heavy atom. The quantitative estimate of drug-likeness (QED) is 0.820. The van der Waals surface area contributed by atoms with E-state index in [0.29, 0.717) is 15.7 Å². The van der Waals surface area contributed by atoms with Crippen LogP contribution in [-0.2, 0) is 17.8 Å². The summed E-state index contributed by atoms with van der Waals surface area (Å²) < 4.78 is 0. The van der Waals surface area contributed by atoms with Crippen LogP contribution in [0.3, 0.4) is 0 Å². The average Bonchev–Trinajstić information content (AvgIpc) is 2.80. The lowest BCUT2D eigenvalue weighted by atomic mass is 9.99. The van der Waals surface area contributed by atoms with E-state index in [1.807, 2.05) is 6.07 Å². The van der Waals surface area contributed by atoms with Gasteiger partial charge in [0, 0.05) is 5.56 Å². The maximum atomic E-state index is 12.3. The van der Waals surface area contributed by atoms with Gasteiger partial charge in [0.1, 0.15) is 5.01 Å². The molecule has 0 radical (unpaired) electrons. The minimum atomic E-state index is -0.291. The number of benzene rings is 1. The van der Waals surface area contributed by atoms with Crippen molar-refractivity contribution in [2.45, 2.75) is 13.0 Å². The number of aromatic nitrogens is 2. The minimum Gasteiger partial charge on any atom is -0.374 e. The van der Waals surface area contributed by atoms with Crippen molar-refractivity contribution in [2.75, 3.05) is 5.73 Å². The highest BCUT2D eigenvalue weighted by atomic mass is 32.1. The van der Waals surface area contributed by atoms with Crippen LogP contribution in [-0.4, -0.2) is 26.9 Å². The molecule has 7 heteroatoms. The molecule has 0 bridgehead atoms. The van der Waals surface area contributed by atoms with Gasteiger partial charge in [0.25, 0.3) is 5.91 Å². The van der Waals surface area contributed by atoms with E-state index in [-0.39, 0.29) is 24.8 Å². The predicted molar refractivity (Wildman–Crippen MR) is 69.3 cm³/mol. The van der Waals surface area contributed by atoms with Crippen molar-refractivity contribution in [2.24, 2.45) is 0 Å². The Hall–Kier alpha value is -2.28. The smallest absolute Gasteiger partial charge is 0.261 e. The second-order valence-corrected chi connectivity index (χ2v) is 5.25. The first kappa shape index (κ1) is 11.8. The number of imide groups is 1. The average molecular weight is 274 g/mol. The molecule has 2 N–H and O–H groups in total. The monoisotopic (exact) mass is 274 g/mol. The molecule has 1 aliphatic rings. The van der Waals surface area contributed by atoms with Gasteiger partial charge in [-0.15, -0.1) is 10.2 Å². The molecular weight excluding hydrogens is 264 g/mol. The number of amides is 2. The lowest BCUT2D eigenvalue weighted by Gasteiger charge is -2.25. The number of carbonyl (C=O) groups excluding carboxylic acids is 2. The van der Waals surface area contributed by atoms with Gasteiger partial charge in [0.2, 0.25) is 11.0 Å². The third kappa shape index (κ3) is 2.08. The molecule has 0 saturated heterocycles. The third-order valence-electron chi connectivity index (χ3n) is 2.91. The van der Waals surface area contributed by atoms with Crippen LogP contribution in [0.1, 0.15) is 20.9 Å². The molecule has 0 saturated carbocycles. The van der Waals surface area contributed by atoms with Crippen molar-refractivity contribution in [3.63, 3.8) is 0 Å². The number of nitrogen functional groups attached to an aromatic ring is 1. The van der Waals surface area contributed by atoms with Crippen LogP contribution in [0, 0.1) is 0 Å². The first-order valence-corrected chi connectivity index (χ1v) is 6.47. The molecule has 6 nitrogen and oxygen atoms in total. The van der Waals surface area contributed by atoms with Crippen molar-refractivity contribution < 1.29 is 9.59 Å². The normalized spacial score (nSPS) is 14.6. The number of nitrogens with zero attached hydrogens (tertiary/aromatic N) is 3.